The van der Waals surface area contributed by atoms with Gasteiger partial charge in [0.1, 0.15) is 5.75 Å². The summed E-state index contributed by atoms with van der Waals surface area (Å²) in [5.41, 5.74) is 0.715. The van der Waals surface area contributed by atoms with Gasteiger partial charge >= 0.3 is 0 Å². The molecule has 0 saturated heterocycles. The van der Waals surface area contributed by atoms with Crippen LogP contribution in [0.2, 0.25) is 0 Å². The first-order chi connectivity index (χ1) is 13.5. The Hall–Kier alpha value is -3.23. The largest absolute Gasteiger partial charge is 0.497 e. The smallest absolute Gasteiger partial charge is 0.242 e. The van der Waals surface area contributed by atoms with Crippen LogP contribution in [0.4, 0.5) is 0 Å². The Kier molecular flexibility index (Phi) is 4.81. The highest BCUT2D eigenvalue weighted by molar-refractivity contribution is 7.89. The summed E-state index contributed by atoms with van der Waals surface area (Å²) in [6.07, 6.45) is 0. The van der Waals surface area contributed by atoms with Gasteiger partial charge in [0, 0.05) is 5.56 Å². The molecule has 1 aromatic heterocycles. The molecule has 7 nitrogen and oxygen atoms in total. The molecule has 0 atom stereocenters. The van der Waals surface area contributed by atoms with E-state index in [2.05, 4.69) is 14.9 Å². The normalized spacial score (nSPS) is 11.6. The van der Waals surface area contributed by atoms with Crippen LogP contribution in [0.15, 0.2) is 76.1 Å². The molecule has 0 unspecified atom stereocenters. The van der Waals surface area contributed by atoms with E-state index in [4.69, 9.17) is 9.26 Å². The molecule has 3 aromatic carbocycles. The molecule has 142 valence electrons. The summed E-state index contributed by atoms with van der Waals surface area (Å²) in [6.45, 7) is -0.105. The summed E-state index contributed by atoms with van der Waals surface area (Å²) in [6, 6.07) is 19.8. The van der Waals surface area contributed by atoms with Crippen molar-refractivity contribution in [2.75, 3.05) is 7.11 Å². The van der Waals surface area contributed by atoms with E-state index in [-0.39, 0.29) is 17.3 Å². The summed E-state index contributed by atoms with van der Waals surface area (Å²) in [4.78, 5) is 4.42. The van der Waals surface area contributed by atoms with E-state index >= 15 is 0 Å². The van der Waals surface area contributed by atoms with Crippen LogP contribution >= 0.6 is 0 Å². The molecule has 0 saturated carbocycles. The van der Waals surface area contributed by atoms with E-state index in [1.54, 1.807) is 31.4 Å². The number of ether oxygens (including phenoxy) is 1. The van der Waals surface area contributed by atoms with Gasteiger partial charge < -0.3 is 9.26 Å². The third-order valence-corrected chi connectivity index (χ3v) is 5.64. The predicted octanol–water partition coefficient (Wildman–Crippen LogP) is 3.38. The summed E-state index contributed by atoms with van der Waals surface area (Å²) >= 11 is 0. The van der Waals surface area contributed by atoms with Crippen LogP contribution in [0.5, 0.6) is 5.75 Å². The molecule has 0 bridgehead atoms. The minimum atomic E-state index is -3.71. The second-order valence-electron chi connectivity index (χ2n) is 6.08. The van der Waals surface area contributed by atoms with Crippen molar-refractivity contribution in [3.05, 3.63) is 72.6 Å². The lowest BCUT2D eigenvalue weighted by atomic mass is 10.1. The molecule has 1 heterocycles. The number of rotatable bonds is 6. The summed E-state index contributed by atoms with van der Waals surface area (Å²) in [5, 5.41) is 5.72. The zero-order chi connectivity index (χ0) is 19.6. The molecule has 4 rings (SSSR count). The Morgan fingerprint density at radius 3 is 2.64 bits per heavy atom. The first-order valence-corrected chi connectivity index (χ1v) is 9.99. The molecule has 0 radical (unpaired) electrons. The van der Waals surface area contributed by atoms with Gasteiger partial charge in [-0.15, -0.1) is 0 Å². The fraction of sp³-hybridized carbons (Fsp3) is 0.100. The second-order valence-corrected chi connectivity index (χ2v) is 7.84. The van der Waals surface area contributed by atoms with Crippen LogP contribution in [-0.4, -0.2) is 25.7 Å². The van der Waals surface area contributed by atoms with Crippen LogP contribution in [0, 0.1) is 0 Å². The maximum atomic E-state index is 12.6. The minimum absolute atomic E-state index is 0.105. The molecule has 0 aliphatic heterocycles. The maximum absolute atomic E-state index is 12.6. The molecule has 4 aromatic rings. The first-order valence-electron chi connectivity index (χ1n) is 8.51. The number of nitrogens with zero attached hydrogens (tertiary/aromatic N) is 2. The van der Waals surface area contributed by atoms with E-state index in [9.17, 15) is 8.42 Å². The van der Waals surface area contributed by atoms with Gasteiger partial charge in [-0.1, -0.05) is 47.6 Å². The molecule has 0 spiro atoms. The summed E-state index contributed by atoms with van der Waals surface area (Å²) in [7, 11) is -2.14. The molecule has 0 amide bonds. The van der Waals surface area contributed by atoms with Crippen molar-refractivity contribution < 1.29 is 17.7 Å². The number of hydrogen-bond acceptors (Lipinski definition) is 6. The van der Waals surface area contributed by atoms with Gasteiger partial charge in [0.25, 0.3) is 0 Å². The molecular weight excluding hydrogens is 378 g/mol. The van der Waals surface area contributed by atoms with E-state index in [0.717, 1.165) is 10.8 Å². The topological polar surface area (TPSA) is 94.3 Å². The zero-order valence-electron chi connectivity index (χ0n) is 15.0. The van der Waals surface area contributed by atoms with E-state index in [1.165, 1.54) is 0 Å². The molecular formula is C20H17N3O4S. The summed E-state index contributed by atoms with van der Waals surface area (Å²) < 4.78 is 38.0. The van der Waals surface area contributed by atoms with Gasteiger partial charge in [0.15, 0.2) is 0 Å². The van der Waals surface area contributed by atoms with Crippen molar-refractivity contribution in [1.29, 1.82) is 0 Å². The van der Waals surface area contributed by atoms with E-state index < -0.39 is 10.0 Å². The molecule has 0 aliphatic rings. The van der Waals surface area contributed by atoms with Crippen LogP contribution < -0.4 is 9.46 Å². The quantitative estimate of drug-likeness (QED) is 0.538. The van der Waals surface area contributed by atoms with E-state index in [0.29, 0.717) is 17.1 Å². The Balaban J connectivity index is 1.51. The van der Waals surface area contributed by atoms with Crippen molar-refractivity contribution in [3.63, 3.8) is 0 Å². The number of fused-ring (bicyclic) bond motifs is 1. The number of methoxy groups -OCH3 is 1. The highest BCUT2D eigenvalue weighted by Gasteiger charge is 2.17. The molecule has 0 aliphatic carbocycles. The molecule has 28 heavy (non-hydrogen) atoms. The highest BCUT2D eigenvalue weighted by Crippen LogP contribution is 2.22. The lowest BCUT2D eigenvalue weighted by Crippen LogP contribution is -2.23. The fourth-order valence-electron chi connectivity index (χ4n) is 2.78. The Morgan fingerprint density at radius 2 is 1.82 bits per heavy atom. The minimum Gasteiger partial charge on any atom is -0.497 e. The zero-order valence-corrected chi connectivity index (χ0v) is 15.8. The van der Waals surface area contributed by atoms with Crippen molar-refractivity contribution in [1.82, 2.24) is 14.9 Å². The number of benzene rings is 3. The molecule has 1 N–H and O–H groups in total. The van der Waals surface area contributed by atoms with Gasteiger partial charge in [-0.2, -0.15) is 4.98 Å². The molecule has 8 heteroatoms. The van der Waals surface area contributed by atoms with Crippen LogP contribution in [-0.2, 0) is 16.6 Å². The second kappa shape index (κ2) is 7.41. The van der Waals surface area contributed by atoms with E-state index in [1.807, 2.05) is 42.5 Å². The average molecular weight is 395 g/mol. The number of sulfonamides is 1. The molecule has 0 fully saturated rings. The predicted molar refractivity (Wildman–Crippen MR) is 104 cm³/mol. The van der Waals surface area contributed by atoms with Crippen molar-refractivity contribution >= 4 is 20.8 Å². The Labute approximate surface area is 162 Å². The van der Waals surface area contributed by atoms with Gasteiger partial charge in [0.05, 0.1) is 18.6 Å². The Morgan fingerprint density at radius 1 is 1.00 bits per heavy atom. The fourth-order valence-corrected chi connectivity index (χ4v) is 3.79. The summed E-state index contributed by atoms with van der Waals surface area (Å²) in [5.74, 6) is 1.20. The van der Waals surface area contributed by atoms with Crippen molar-refractivity contribution in [2.45, 2.75) is 11.4 Å². The van der Waals surface area contributed by atoms with Crippen LogP contribution in [0.1, 0.15) is 5.89 Å². The maximum Gasteiger partial charge on any atom is 0.242 e. The SMILES string of the molecule is COc1cccc(-c2noc(CNS(=O)(=O)c3ccc4ccccc4c3)n2)c1. The standard InChI is InChI=1S/C20H17N3O4S/c1-26-17-8-4-7-16(11-17)20-22-19(27-23-20)13-21-28(24,25)18-10-9-14-5-2-3-6-15(14)12-18/h2-12,21H,13H2,1H3. The van der Waals surface area contributed by atoms with Crippen molar-refractivity contribution in [3.8, 4) is 17.1 Å². The lowest BCUT2D eigenvalue weighted by Gasteiger charge is -2.06. The van der Waals surface area contributed by atoms with Gasteiger partial charge in [0.2, 0.25) is 21.7 Å². The number of aromatic nitrogens is 2. The average Bonchev–Trinajstić information content (AvgIpc) is 3.21. The van der Waals surface area contributed by atoms with Crippen LogP contribution in [0.25, 0.3) is 22.2 Å². The lowest BCUT2D eigenvalue weighted by molar-refractivity contribution is 0.376. The highest BCUT2D eigenvalue weighted by atomic mass is 32.2. The van der Waals surface area contributed by atoms with Gasteiger partial charge in [-0.05, 0) is 35.0 Å². The third kappa shape index (κ3) is 3.73. The monoisotopic (exact) mass is 395 g/mol. The van der Waals surface area contributed by atoms with Gasteiger partial charge in [-0.3, -0.25) is 0 Å². The third-order valence-electron chi connectivity index (χ3n) is 4.24. The van der Waals surface area contributed by atoms with Crippen LogP contribution in [0.3, 0.4) is 0 Å². The first kappa shape index (κ1) is 18.1. The van der Waals surface area contributed by atoms with Crippen molar-refractivity contribution in [2.24, 2.45) is 0 Å². The number of nitrogens with one attached hydrogen (secondary N) is 1. The number of hydrogen-bond donors (Lipinski definition) is 1. The Bertz CT molecular complexity index is 1230. The van der Waals surface area contributed by atoms with Gasteiger partial charge in [-0.25, -0.2) is 13.1 Å².